The van der Waals surface area contributed by atoms with E-state index in [1.807, 2.05) is 48.7 Å². The van der Waals surface area contributed by atoms with Gasteiger partial charge in [0.05, 0.1) is 5.69 Å². The molecule has 5 heteroatoms. The fourth-order valence-electron chi connectivity index (χ4n) is 1.88. The zero-order chi connectivity index (χ0) is 14.5. The molecule has 1 amide bonds. The highest BCUT2D eigenvalue weighted by atomic mass is 32.1. The van der Waals surface area contributed by atoms with Crippen molar-refractivity contribution in [1.82, 2.24) is 0 Å². The average molecular weight is 290 g/mol. The summed E-state index contributed by atoms with van der Waals surface area (Å²) >= 11 is 1.61. The van der Waals surface area contributed by atoms with Crippen LogP contribution in [0, 0.1) is 0 Å². The summed E-state index contributed by atoms with van der Waals surface area (Å²) in [6.45, 7) is 3.38. The molecule has 4 nitrogen and oxygen atoms in total. The number of hydrogen-bond donors (Lipinski definition) is 2. The molecule has 106 valence electrons. The molecule has 0 bridgehead atoms. The molecular weight excluding hydrogens is 272 g/mol. The lowest BCUT2D eigenvalue weighted by Crippen LogP contribution is -2.28. The number of hydrogen-bond acceptors (Lipinski definition) is 4. The van der Waals surface area contributed by atoms with E-state index in [9.17, 15) is 4.79 Å². The van der Waals surface area contributed by atoms with Crippen molar-refractivity contribution in [2.75, 3.05) is 5.32 Å². The second-order valence-corrected chi connectivity index (χ2v) is 5.57. The molecule has 1 heterocycles. The molecule has 1 aromatic carbocycles. The van der Waals surface area contributed by atoms with Gasteiger partial charge in [0.15, 0.2) is 0 Å². The summed E-state index contributed by atoms with van der Waals surface area (Å²) in [6.07, 6.45) is -0.232. The zero-order valence-corrected chi connectivity index (χ0v) is 12.3. The Hall–Kier alpha value is -1.85. The van der Waals surface area contributed by atoms with Crippen LogP contribution in [0.4, 0.5) is 5.69 Å². The van der Waals surface area contributed by atoms with Gasteiger partial charge in [-0.2, -0.15) is 0 Å². The van der Waals surface area contributed by atoms with Crippen molar-refractivity contribution >= 4 is 22.9 Å². The van der Waals surface area contributed by atoms with E-state index in [1.165, 1.54) is 6.92 Å². The number of para-hydroxylation sites is 2. The van der Waals surface area contributed by atoms with Crippen LogP contribution in [0.25, 0.3) is 0 Å². The summed E-state index contributed by atoms with van der Waals surface area (Å²) in [4.78, 5) is 12.3. The number of nitrogens with two attached hydrogens (primary N) is 1. The Morgan fingerprint density at radius 3 is 2.65 bits per heavy atom. The minimum Gasteiger partial charge on any atom is -0.481 e. The van der Waals surface area contributed by atoms with Gasteiger partial charge in [-0.3, -0.25) is 4.79 Å². The van der Waals surface area contributed by atoms with Crippen LogP contribution in [0.15, 0.2) is 41.8 Å². The van der Waals surface area contributed by atoms with E-state index in [1.54, 1.807) is 11.3 Å². The molecule has 0 radical (unpaired) electrons. The number of carbonyl (C=O) groups excluding carboxylic acids is 1. The monoisotopic (exact) mass is 290 g/mol. The summed E-state index contributed by atoms with van der Waals surface area (Å²) in [6, 6.07) is 11.2. The third kappa shape index (κ3) is 3.59. The molecule has 0 saturated heterocycles. The first kappa shape index (κ1) is 14.6. The smallest absolute Gasteiger partial charge is 0.221 e. The topological polar surface area (TPSA) is 64.3 Å². The van der Waals surface area contributed by atoms with E-state index in [2.05, 4.69) is 5.32 Å². The molecule has 0 aliphatic heterocycles. The molecule has 2 rings (SSSR count). The molecule has 2 unspecified atom stereocenters. The van der Waals surface area contributed by atoms with Gasteiger partial charge in [0.1, 0.15) is 11.9 Å². The van der Waals surface area contributed by atoms with Gasteiger partial charge >= 0.3 is 0 Å². The number of carbonyl (C=O) groups is 1. The first-order valence-electron chi connectivity index (χ1n) is 6.40. The lowest BCUT2D eigenvalue weighted by atomic mass is 10.1. The van der Waals surface area contributed by atoms with Gasteiger partial charge in [-0.1, -0.05) is 18.2 Å². The van der Waals surface area contributed by atoms with E-state index < -0.39 is 0 Å². The Morgan fingerprint density at radius 1 is 1.30 bits per heavy atom. The fourth-order valence-corrected chi connectivity index (χ4v) is 2.75. The highest BCUT2D eigenvalue weighted by Crippen LogP contribution is 2.32. The molecule has 0 aliphatic carbocycles. The highest BCUT2D eigenvalue weighted by Gasteiger charge is 2.20. The number of thiophene rings is 1. The maximum absolute atomic E-state index is 11.2. The minimum atomic E-state index is -0.232. The fraction of sp³-hybridized carbons (Fsp3) is 0.267. The summed E-state index contributed by atoms with van der Waals surface area (Å²) in [5, 5.41) is 4.76. The van der Waals surface area contributed by atoms with Crippen LogP contribution < -0.4 is 15.8 Å². The van der Waals surface area contributed by atoms with E-state index in [4.69, 9.17) is 10.5 Å². The number of anilines is 1. The summed E-state index contributed by atoms with van der Waals surface area (Å²) in [5.41, 5.74) is 6.68. The van der Waals surface area contributed by atoms with Gasteiger partial charge in [0.25, 0.3) is 0 Å². The minimum absolute atomic E-state index is 0.130. The van der Waals surface area contributed by atoms with E-state index in [0.717, 1.165) is 4.88 Å². The van der Waals surface area contributed by atoms with Crippen LogP contribution in [-0.2, 0) is 4.79 Å². The van der Waals surface area contributed by atoms with Crippen molar-refractivity contribution in [3.63, 3.8) is 0 Å². The van der Waals surface area contributed by atoms with Crippen LogP contribution in [0.2, 0.25) is 0 Å². The van der Waals surface area contributed by atoms with Crippen LogP contribution in [-0.4, -0.2) is 11.9 Å². The Labute approximate surface area is 122 Å². The molecular formula is C15H18N2O2S. The van der Waals surface area contributed by atoms with Crippen LogP contribution in [0.1, 0.15) is 24.8 Å². The quantitative estimate of drug-likeness (QED) is 0.889. The summed E-state index contributed by atoms with van der Waals surface area (Å²) < 4.78 is 6.02. The molecule has 3 N–H and O–H groups in total. The third-order valence-electron chi connectivity index (χ3n) is 2.75. The Kier molecular flexibility index (Phi) is 4.76. The largest absolute Gasteiger partial charge is 0.481 e. The SMILES string of the molecule is CC(=O)Nc1ccccc1OC(c1cccs1)C(C)N. The van der Waals surface area contributed by atoms with Gasteiger partial charge in [-0.05, 0) is 30.5 Å². The van der Waals surface area contributed by atoms with Crippen molar-refractivity contribution in [2.45, 2.75) is 26.0 Å². The van der Waals surface area contributed by atoms with Crippen molar-refractivity contribution in [3.8, 4) is 5.75 Å². The predicted molar refractivity (Wildman–Crippen MR) is 82.1 cm³/mol. The number of nitrogens with one attached hydrogen (secondary N) is 1. The van der Waals surface area contributed by atoms with Gasteiger partial charge < -0.3 is 15.8 Å². The molecule has 0 fully saturated rings. The van der Waals surface area contributed by atoms with Crippen LogP contribution in [0.3, 0.4) is 0 Å². The average Bonchev–Trinajstić information content (AvgIpc) is 2.90. The van der Waals surface area contributed by atoms with Crippen LogP contribution in [0.5, 0.6) is 5.75 Å². The van der Waals surface area contributed by atoms with Crippen molar-refractivity contribution in [1.29, 1.82) is 0 Å². The first-order valence-corrected chi connectivity index (χ1v) is 7.28. The standard InChI is InChI=1S/C15H18N2O2S/c1-10(16)15(14-8-5-9-20-14)19-13-7-4-3-6-12(13)17-11(2)18/h3-10,15H,16H2,1-2H3,(H,17,18). The van der Waals surface area contributed by atoms with E-state index in [-0.39, 0.29) is 18.1 Å². The molecule has 20 heavy (non-hydrogen) atoms. The number of ether oxygens (including phenoxy) is 1. The molecule has 2 aromatic rings. The molecule has 0 saturated carbocycles. The molecule has 2 atom stereocenters. The van der Waals surface area contributed by atoms with Crippen molar-refractivity contribution in [3.05, 3.63) is 46.7 Å². The Morgan fingerprint density at radius 2 is 2.05 bits per heavy atom. The predicted octanol–water partition coefficient (Wildman–Crippen LogP) is 3.17. The number of amides is 1. The van der Waals surface area contributed by atoms with Gasteiger partial charge in [0, 0.05) is 17.8 Å². The number of rotatable bonds is 5. The van der Waals surface area contributed by atoms with Crippen LogP contribution >= 0.6 is 11.3 Å². The first-order chi connectivity index (χ1) is 9.58. The third-order valence-corrected chi connectivity index (χ3v) is 3.69. The van der Waals surface area contributed by atoms with Gasteiger partial charge in [-0.15, -0.1) is 11.3 Å². The van der Waals surface area contributed by atoms with E-state index >= 15 is 0 Å². The maximum atomic E-state index is 11.2. The lowest BCUT2D eigenvalue weighted by Gasteiger charge is -2.23. The second-order valence-electron chi connectivity index (χ2n) is 4.59. The summed E-state index contributed by atoms with van der Waals surface area (Å²) in [5.74, 6) is 0.493. The Bertz CT molecular complexity index is 567. The lowest BCUT2D eigenvalue weighted by molar-refractivity contribution is -0.114. The Balaban J connectivity index is 2.25. The van der Waals surface area contributed by atoms with Gasteiger partial charge in [-0.25, -0.2) is 0 Å². The maximum Gasteiger partial charge on any atom is 0.221 e. The normalized spacial score (nSPS) is 13.6. The van der Waals surface area contributed by atoms with E-state index in [0.29, 0.717) is 11.4 Å². The molecule has 1 aromatic heterocycles. The molecule has 0 aliphatic rings. The van der Waals surface area contributed by atoms with Crippen molar-refractivity contribution < 1.29 is 9.53 Å². The zero-order valence-electron chi connectivity index (χ0n) is 11.5. The highest BCUT2D eigenvalue weighted by molar-refractivity contribution is 7.10. The molecule has 0 spiro atoms. The number of benzene rings is 1. The summed E-state index contributed by atoms with van der Waals surface area (Å²) in [7, 11) is 0. The van der Waals surface area contributed by atoms with Gasteiger partial charge in [0.2, 0.25) is 5.91 Å². The second kappa shape index (κ2) is 6.54. The van der Waals surface area contributed by atoms with Crippen molar-refractivity contribution in [2.24, 2.45) is 5.73 Å².